The van der Waals surface area contributed by atoms with Gasteiger partial charge in [0.2, 0.25) is 5.88 Å². The molecule has 0 amide bonds. The fraction of sp³-hybridized carbons (Fsp3) is 0.0556. The Morgan fingerprint density at radius 2 is 1.85 bits per heavy atom. The first-order valence-electron chi connectivity index (χ1n) is 7.76. The number of nitrogens with zero attached hydrogens (tertiary/aromatic N) is 3. The van der Waals surface area contributed by atoms with Gasteiger partial charge in [0.25, 0.3) is 10.0 Å². The van der Waals surface area contributed by atoms with Crippen molar-refractivity contribution in [2.24, 2.45) is 4.99 Å². The Hall–Kier alpha value is -2.97. The fourth-order valence-electron chi connectivity index (χ4n) is 2.13. The number of hydrogen-bond donors (Lipinski definition) is 1. The van der Waals surface area contributed by atoms with Crippen molar-refractivity contribution in [3.8, 4) is 5.88 Å². The Bertz CT molecular complexity index is 1050. The Morgan fingerprint density at radius 3 is 2.48 bits per heavy atom. The Kier molecular flexibility index (Phi) is 5.68. The van der Waals surface area contributed by atoms with Crippen LogP contribution in [0.2, 0.25) is 5.02 Å². The van der Waals surface area contributed by atoms with Crippen LogP contribution in [0.4, 0.5) is 11.5 Å². The van der Waals surface area contributed by atoms with E-state index >= 15 is 0 Å². The minimum atomic E-state index is -3.79. The molecular weight excluding hydrogens is 388 g/mol. The minimum Gasteiger partial charge on any atom is -0.480 e. The molecule has 0 bridgehead atoms. The summed E-state index contributed by atoms with van der Waals surface area (Å²) in [4.78, 5) is 4.39. The average Bonchev–Trinajstić information content (AvgIpc) is 2.67. The molecule has 27 heavy (non-hydrogen) atoms. The predicted molar refractivity (Wildman–Crippen MR) is 105 cm³/mol. The third-order valence-electron chi connectivity index (χ3n) is 3.45. The highest BCUT2D eigenvalue weighted by molar-refractivity contribution is 7.92. The van der Waals surface area contributed by atoms with Crippen LogP contribution in [0.3, 0.4) is 0 Å². The molecule has 0 saturated heterocycles. The second-order valence-corrected chi connectivity index (χ2v) is 7.49. The lowest BCUT2D eigenvalue weighted by molar-refractivity contribution is 0.392. The van der Waals surface area contributed by atoms with Gasteiger partial charge in [-0.15, -0.1) is 10.2 Å². The zero-order valence-corrected chi connectivity index (χ0v) is 15.8. The van der Waals surface area contributed by atoms with E-state index in [0.717, 1.165) is 5.56 Å². The quantitative estimate of drug-likeness (QED) is 0.634. The van der Waals surface area contributed by atoms with Crippen LogP contribution in [-0.4, -0.2) is 31.9 Å². The summed E-state index contributed by atoms with van der Waals surface area (Å²) in [5, 5.41) is 8.09. The van der Waals surface area contributed by atoms with E-state index in [1.165, 1.54) is 31.4 Å². The first-order valence-corrected chi connectivity index (χ1v) is 9.63. The molecule has 0 unspecified atom stereocenters. The van der Waals surface area contributed by atoms with Gasteiger partial charge in [0, 0.05) is 17.3 Å². The van der Waals surface area contributed by atoms with E-state index in [1.807, 2.05) is 12.1 Å². The van der Waals surface area contributed by atoms with E-state index in [-0.39, 0.29) is 10.7 Å². The lowest BCUT2D eigenvalue weighted by Gasteiger charge is -2.07. The van der Waals surface area contributed by atoms with Crippen molar-refractivity contribution in [2.45, 2.75) is 4.90 Å². The topological polar surface area (TPSA) is 93.5 Å². The summed E-state index contributed by atoms with van der Waals surface area (Å²) in [6.45, 7) is 0. The second-order valence-electron chi connectivity index (χ2n) is 5.37. The van der Waals surface area contributed by atoms with Gasteiger partial charge in [0.15, 0.2) is 5.82 Å². The number of rotatable bonds is 6. The number of nitrogens with one attached hydrogen (secondary N) is 1. The number of anilines is 1. The zero-order chi connectivity index (χ0) is 19.3. The number of benzene rings is 2. The molecule has 0 atom stereocenters. The largest absolute Gasteiger partial charge is 0.480 e. The SMILES string of the molecule is COc1ccc(NS(=O)(=O)c2ccc(N=Cc3cccc(Cl)c3)cc2)nn1. The number of hydrogen-bond acceptors (Lipinski definition) is 6. The van der Waals surface area contributed by atoms with Crippen molar-refractivity contribution in [3.05, 3.63) is 71.2 Å². The minimum absolute atomic E-state index is 0.0850. The van der Waals surface area contributed by atoms with E-state index in [1.54, 1.807) is 30.5 Å². The van der Waals surface area contributed by atoms with Crippen LogP contribution in [0, 0.1) is 0 Å². The molecule has 1 aromatic heterocycles. The number of halogens is 1. The number of aromatic nitrogens is 2. The van der Waals surface area contributed by atoms with Crippen LogP contribution < -0.4 is 9.46 Å². The van der Waals surface area contributed by atoms with Gasteiger partial charge in [-0.05, 0) is 48.0 Å². The van der Waals surface area contributed by atoms with E-state index in [0.29, 0.717) is 16.6 Å². The van der Waals surface area contributed by atoms with Gasteiger partial charge in [-0.25, -0.2) is 8.42 Å². The molecule has 0 spiro atoms. The van der Waals surface area contributed by atoms with Gasteiger partial charge in [-0.2, -0.15) is 0 Å². The third-order valence-corrected chi connectivity index (χ3v) is 5.05. The molecule has 2 aromatic carbocycles. The molecule has 3 rings (SSSR count). The average molecular weight is 403 g/mol. The summed E-state index contributed by atoms with van der Waals surface area (Å²) >= 11 is 5.93. The van der Waals surface area contributed by atoms with Gasteiger partial charge < -0.3 is 4.74 Å². The van der Waals surface area contributed by atoms with Gasteiger partial charge in [-0.1, -0.05) is 23.7 Å². The van der Waals surface area contributed by atoms with Crippen LogP contribution >= 0.6 is 11.6 Å². The standard InChI is InChI=1S/C18H15ClN4O3S/c1-26-18-10-9-17(21-22-18)23-27(24,25)16-7-5-15(6-8-16)20-12-13-3-2-4-14(19)11-13/h2-12H,1H3,(H,21,23). The van der Waals surface area contributed by atoms with Crippen LogP contribution in [0.15, 0.2) is 70.6 Å². The highest BCUT2D eigenvalue weighted by atomic mass is 35.5. The second kappa shape index (κ2) is 8.15. The lowest BCUT2D eigenvalue weighted by atomic mass is 10.2. The summed E-state index contributed by atoms with van der Waals surface area (Å²) in [7, 11) is -2.34. The van der Waals surface area contributed by atoms with Crippen molar-refractivity contribution in [1.82, 2.24) is 10.2 Å². The van der Waals surface area contributed by atoms with E-state index in [9.17, 15) is 8.42 Å². The summed E-state index contributed by atoms with van der Waals surface area (Å²) in [5.74, 6) is 0.388. The monoisotopic (exact) mass is 402 g/mol. The molecule has 0 saturated carbocycles. The third kappa shape index (κ3) is 5.02. The summed E-state index contributed by atoms with van der Waals surface area (Å²) < 4.78 is 32.1. The highest BCUT2D eigenvalue weighted by Gasteiger charge is 2.15. The number of methoxy groups -OCH3 is 1. The van der Waals surface area contributed by atoms with Gasteiger partial charge >= 0.3 is 0 Å². The molecule has 0 radical (unpaired) electrons. The van der Waals surface area contributed by atoms with E-state index in [2.05, 4.69) is 19.9 Å². The van der Waals surface area contributed by atoms with E-state index in [4.69, 9.17) is 16.3 Å². The van der Waals surface area contributed by atoms with Crippen molar-refractivity contribution >= 4 is 39.3 Å². The normalized spacial score (nSPS) is 11.5. The molecule has 138 valence electrons. The van der Waals surface area contributed by atoms with Crippen molar-refractivity contribution in [1.29, 1.82) is 0 Å². The Labute approximate surface area is 161 Å². The molecule has 1 N–H and O–H groups in total. The van der Waals surface area contributed by atoms with Gasteiger partial charge in [-0.3, -0.25) is 9.71 Å². The number of aliphatic imine (C=N–C) groups is 1. The molecule has 7 nitrogen and oxygen atoms in total. The maximum Gasteiger partial charge on any atom is 0.263 e. The molecule has 0 aliphatic carbocycles. The molecule has 1 heterocycles. The van der Waals surface area contributed by atoms with Crippen LogP contribution in [-0.2, 0) is 10.0 Å². The lowest BCUT2D eigenvalue weighted by Crippen LogP contribution is -2.14. The van der Waals surface area contributed by atoms with Crippen molar-refractivity contribution in [3.63, 3.8) is 0 Å². The van der Waals surface area contributed by atoms with Crippen LogP contribution in [0.1, 0.15) is 5.56 Å². The molecule has 3 aromatic rings. The molecule has 0 aliphatic rings. The Morgan fingerprint density at radius 1 is 1.07 bits per heavy atom. The van der Waals surface area contributed by atoms with E-state index < -0.39 is 10.0 Å². The van der Waals surface area contributed by atoms with Gasteiger partial charge in [0.05, 0.1) is 17.7 Å². The van der Waals surface area contributed by atoms with Crippen molar-refractivity contribution < 1.29 is 13.2 Å². The first-order chi connectivity index (χ1) is 13.0. The Balaban J connectivity index is 1.73. The summed E-state index contributed by atoms with van der Waals surface area (Å²) in [5.41, 5.74) is 1.46. The maximum absolute atomic E-state index is 12.4. The van der Waals surface area contributed by atoms with Crippen molar-refractivity contribution in [2.75, 3.05) is 11.8 Å². The molecular formula is C18H15ClN4O3S. The number of sulfonamides is 1. The molecule has 0 aliphatic heterocycles. The molecule has 9 heteroatoms. The highest BCUT2D eigenvalue weighted by Crippen LogP contribution is 2.19. The summed E-state index contributed by atoms with van der Waals surface area (Å²) in [6.07, 6.45) is 1.65. The van der Waals surface area contributed by atoms with Crippen LogP contribution in [0.25, 0.3) is 0 Å². The maximum atomic E-state index is 12.4. The smallest absolute Gasteiger partial charge is 0.263 e. The number of ether oxygens (including phenoxy) is 1. The van der Waals surface area contributed by atoms with Gasteiger partial charge in [0.1, 0.15) is 0 Å². The predicted octanol–water partition coefficient (Wildman–Crippen LogP) is 3.69. The first kappa shape index (κ1) is 18.8. The zero-order valence-electron chi connectivity index (χ0n) is 14.2. The fourth-order valence-corrected chi connectivity index (χ4v) is 3.32. The molecule has 0 fully saturated rings. The van der Waals surface area contributed by atoms with Crippen LogP contribution in [0.5, 0.6) is 5.88 Å². The summed E-state index contributed by atoms with van der Waals surface area (Å²) in [6, 6.07) is 16.4.